The molecule has 34 heavy (non-hydrogen) atoms. The standard InChI is InChI=1S/C23H19F4N7/c1-11-29-10-30-34(11)19-6-3-13(9-16(19)24)31-23-32-21-14(4-5-15(21)22(28-2)33-23)12-7-17(25)20(27)18(26)8-12/h3,6-10,14H,4-5H2,1-2H3,(H2,28,31,32,33). The Balaban J connectivity index is 1.49. The van der Waals surface area contributed by atoms with Crippen LogP contribution in [0.5, 0.6) is 0 Å². The molecule has 2 N–H and O–H groups in total. The molecular weight excluding hydrogens is 450 g/mol. The van der Waals surface area contributed by atoms with Crippen molar-refractivity contribution in [3.05, 3.63) is 82.6 Å². The van der Waals surface area contributed by atoms with Crippen LogP contribution in [0.2, 0.25) is 0 Å². The van der Waals surface area contributed by atoms with Crippen molar-refractivity contribution < 1.29 is 17.6 Å². The summed E-state index contributed by atoms with van der Waals surface area (Å²) in [7, 11) is 1.70. The van der Waals surface area contributed by atoms with Gasteiger partial charge in [-0.05, 0) is 55.7 Å². The Bertz CT molecular complexity index is 1380. The van der Waals surface area contributed by atoms with E-state index < -0.39 is 29.2 Å². The third kappa shape index (κ3) is 3.72. The van der Waals surface area contributed by atoms with Crippen LogP contribution >= 0.6 is 0 Å². The molecule has 11 heteroatoms. The number of nitrogens with one attached hydrogen (secondary N) is 2. The molecule has 0 saturated carbocycles. The second kappa shape index (κ2) is 8.40. The Hall–Kier alpha value is -4.02. The summed E-state index contributed by atoms with van der Waals surface area (Å²) in [4.78, 5) is 13.0. The summed E-state index contributed by atoms with van der Waals surface area (Å²) in [6, 6.07) is 6.48. The van der Waals surface area contributed by atoms with Gasteiger partial charge < -0.3 is 10.6 Å². The first-order valence-corrected chi connectivity index (χ1v) is 10.5. The molecule has 0 amide bonds. The van der Waals surface area contributed by atoms with E-state index >= 15 is 0 Å². The molecule has 2 heterocycles. The van der Waals surface area contributed by atoms with Gasteiger partial charge >= 0.3 is 0 Å². The monoisotopic (exact) mass is 469 g/mol. The maximum absolute atomic E-state index is 14.8. The quantitative estimate of drug-likeness (QED) is 0.323. The first-order chi connectivity index (χ1) is 16.4. The zero-order valence-corrected chi connectivity index (χ0v) is 18.2. The van der Waals surface area contributed by atoms with Crippen LogP contribution in [0.25, 0.3) is 5.69 Å². The van der Waals surface area contributed by atoms with Gasteiger partial charge in [-0.2, -0.15) is 10.1 Å². The average Bonchev–Trinajstić information content (AvgIpc) is 3.43. The molecule has 0 saturated heterocycles. The van der Waals surface area contributed by atoms with E-state index in [4.69, 9.17) is 0 Å². The molecule has 1 unspecified atom stereocenters. The fourth-order valence-electron chi connectivity index (χ4n) is 4.25. The van der Waals surface area contributed by atoms with Crippen molar-refractivity contribution in [1.29, 1.82) is 0 Å². The lowest BCUT2D eigenvalue weighted by Gasteiger charge is -2.15. The lowest BCUT2D eigenvalue weighted by molar-refractivity contribution is 0.444. The highest BCUT2D eigenvalue weighted by molar-refractivity contribution is 5.61. The van der Waals surface area contributed by atoms with E-state index in [0.29, 0.717) is 41.4 Å². The van der Waals surface area contributed by atoms with Gasteiger partial charge in [0, 0.05) is 24.2 Å². The normalized spacial score (nSPS) is 14.8. The molecule has 174 valence electrons. The second-order valence-electron chi connectivity index (χ2n) is 7.91. The van der Waals surface area contributed by atoms with Crippen molar-refractivity contribution in [1.82, 2.24) is 24.7 Å². The van der Waals surface area contributed by atoms with Gasteiger partial charge in [-0.3, -0.25) is 0 Å². The van der Waals surface area contributed by atoms with E-state index in [0.717, 1.165) is 17.7 Å². The predicted octanol–water partition coefficient (Wildman–Crippen LogP) is 4.79. The Labute approximate surface area is 191 Å². The second-order valence-corrected chi connectivity index (χ2v) is 7.91. The molecular formula is C23H19F4N7. The van der Waals surface area contributed by atoms with Gasteiger partial charge in [0.05, 0.1) is 5.69 Å². The summed E-state index contributed by atoms with van der Waals surface area (Å²) in [6.07, 6.45) is 2.46. The summed E-state index contributed by atoms with van der Waals surface area (Å²) in [5.41, 5.74) is 2.32. The van der Waals surface area contributed by atoms with Crippen molar-refractivity contribution in [3.8, 4) is 5.69 Å². The predicted molar refractivity (Wildman–Crippen MR) is 117 cm³/mol. The maximum atomic E-state index is 14.8. The fourth-order valence-corrected chi connectivity index (χ4v) is 4.25. The number of aromatic nitrogens is 5. The lowest BCUT2D eigenvalue weighted by atomic mass is 9.96. The molecule has 0 aliphatic heterocycles. The number of hydrogen-bond acceptors (Lipinski definition) is 6. The molecule has 0 fully saturated rings. The van der Waals surface area contributed by atoms with Crippen LogP contribution in [0.1, 0.15) is 35.0 Å². The van der Waals surface area contributed by atoms with Crippen molar-refractivity contribution >= 4 is 17.5 Å². The molecule has 5 rings (SSSR count). The Kier molecular flexibility index (Phi) is 5.39. The number of hydrogen-bond donors (Lipinski definition) is 2. The summed E-state index contributed by atoms with van der Waals surface area (Å²) in [5.74, 6) is -3.69. The zero-order chi connectivity index (χ0) is 24.0. The van der Waals surface area contributed by atoms with Gasteiger partial charge in [0.15, 0.2) is 23.3 Å². The number of nitrogens with zero attached hydrogens (tertiary/aromatic N) is 5. The van der Waals surface area contributed by atoms with Crippen LogP contribution in [0.4, 0.5) is 35.0 Å². The SMILES string of the molecule is CNc1nc(Nc2ccc(-n3ncnc3C)c(F)c2)nc2c1CCC2c1cc(F)c(F)c(F)c1. The smallest absolute Gasteiger partial charge is 0.229 e. The van der Waals surface area contributed by atoms with Crippen LogP contribution in [0.3, 0.4) is 0 Å². The zero-order valence-electron chi connectivity index (χ0n) is 18.2. The minimum atomic E-state index is -1.51. The van der Waals surface area contributed by atoms with Gasteiger partial charge in [-0.25, -0.2) is 32.2 Å². The number of benzene rings is 2. The van der Waals surface area contributed by atoms with E-state index in [-0.39, 0.29) is 11.6 Å². The van der Waals surface area contributed by atoms with Gasteiger partial charge in [0.2, 0.25) is 5.95 Å². The number of fused-ring (bicyclic) bond motifs is 1. The number of aryl methyl sites for hydroxylation is 1. The number of halogens is 4. The molecule has 1 aliphatic carbocycles. The first-order valence-electron chi connectivity index (χ1n) is 10.5. The van der Waals surface area contributed by atoms with E-state index in [2.05, 4.69) is 30.7 Å². The van der Waals surface area contributed by atoms with Gasteiger partial charge in [0.25, 0.3) is 0 Å². The summed E-state index contributed by atoms with van der Waals surface area (Å²) < 4.78 is 57.3. The van der Waals surface area contributed by atoms with Gasteiger partial charge in [-0.15, -0.1) is 0 Å². The molecule has 0 radical (unpaired) electrons. The summed E-state index contributed by atoms with van der Waals surface area (Å²) >= 11 is 0. The lowest BCUT2D eigenvalue weighted by Crippen LogP contribution is -2.09. The molecule has 1 atom stereocenters. The molecule has 1 aliphatic rings. The summed E-state index contributed by atoms with van der Waals surface area (Å²) in [5, 5.41) is 10.0. The van der Waals surface area contributed by atoms with Gasteiger partial charge in [0.1, 0.15) is 23.7 Å². The minimum Gasteiger partial charge on any atom is -0.373 e. The van der Waals surface area contributed by atoms with Crippen molar-refractivity contribution in [2.45, 2.75) is 25.7 Å². The van der Waals surface area contributed by atoms with Crippen LogP contribution in [-0.2, 0) is 6.42 Å². The van der Waals surface area contributed by atoms with Crippen LogP contribution in [-0.4, -0.2) is 31.8 Å². The number of rotatable bonds is 5. The first kappa shape index (κ1) is 21.8. The van der Waals surface area contributed by atoms with Crippen molar-refractivity contribution in [2.24, 2.45) is 0 Å². The highest BCUT2D eigenvalue weighted by Gasteiger charge is 2.30. The third-order valence-corrected chi connectivity index (χ3v) is 5.85. The molecule has 2 aromatic carbocycles. The van der Waals surface area contributed by atoms with Crippen LogP contribution < -0.4 is 10.6 Å². The summed E-state index contributed by atoms with van der Waals surface area (Å²) in [6.45, 7) is 1.71. The maximum Gasteiger partial charge on any atom is 0.229 e. The highest BCUT2D eigenvalue weighted by Crippen LogP contribution is 2.41. The Morgan fingerprint density at radius 3 is 2.41 bits per heavy atom. The van der Waals surface area contributed by atoms with Crippen LogP contribution in [0, 0.1) is 30.2 Å². The van der Waals surface area contributed by atoms with Crippen LogP contribution in [0.15, 0.2) is 36.7 Å². The minimum absolute atomic E-state index is 0.183. The van der Waals surface area contributed by atoms with Crippen molar-refractivity contribution in [3.63, 3.8) is 0 Å². The average molecular weight is 469 g/mol. The fraction of sp³-hybridized carbons (Fsp3) is 0.217. The third-order valence-electron chi connectivity index (χ3n) is 5.85. The molecule has 0 bridgehead atoms. The molecule has 2 aromatic heterocycles. The number of anilines is 3. The molecule has 7 nitrogen and oxygen atoms in total. The van der Waals surface area contributed by atoms with Gasteiger partial charge in [-0.1, -0.05) is 0 Å². The molecule has 4 aromatic rings. The highest BCUT2D eigenvalue weighted by atomic mass is 19.2. The Morgan fingerprint density at radius 2 is 1.76 bits per heavy atom. The van der Waals surface area contributed by atoms with E-state index in [1.807, 2.05) is 0 Å². The Morgan fingerprint density at radius 1 is 1.00 bits per heavy atom. The molecule has 0 spiro atoms. The largest absolute Gasteiger partial charge is 0.373 e. The van der Waals surface area contributed by atoms with Crippen molar-refractivity contribution in [2.75, 3.05) is 17.7 Å². The van der Waals surface area contributed by atoms with E-state index in [9.17, 15) is 17.6 Å². The van der Waals surface area contributed by atoms with E-state index in [1.165, 1.54) is 17.1 Å². The topological polar surface area (TPSA) is 80.5 Å². The van der Waals surface area contributed by atoms with E-state index in [1.54, 1.807) is 26.1 Å².